The molecule has 0 amide bonds. The number of benzene rings is 2. The van der Waals surface area contributed by atoms with E-state index >= 15 is 0 Å². The van der Waals surface area contributed by atoms with E-state index in [1.807, 2.05) is 39.1 Å². The molecule has 0 saturated heterocycles. The summed E-state index contributed by atoms with van der Waals surface area (Å²) in [5.74, 6) is 0.572. The van der Waals surface area contributed by atoms with Crippen molar-refractivity contribution in [3.05, 3.63) is 52.8 Å². The number of nitrogens with one attached hydrogen (secondary N) is 1. The Morgan fingerprint density at radius 3 is 2.43 bits per heavy atom. The summed E-state index contributed by atoms with van der Waals surface area (Å²) >= 11 is 0. The number of rotatable bonds is 4. The molecule has 1 atom stereocenters. The van der Waals surface area contributed by atoms with E-state index in [1.54, 1.807) is 13.2 Å². The summed E-state index contributed by atoms with van der Waals surface area (Å²) in [6.45, 7) is 6.13. The van der Waals surface area contributed by atoms with Crippen LogP contribution < -0.4 is 10.1 Å². The van der Waals surface area contributed by atoms with E-state index in [4.69, 9.17) is 4.74 Å². The van der Waals surface area contributed by atoms with Gasteiger partial charge in [-0.05, 0) is 62.2 Å². The van der Waals surface area contributed by atoms with E-state index in [0.29, 0.717) is 0 Å². The van der Waals surface area contributed by atoms with Gasteiger partial charge >= 0.3 is 0 Å². The van der Waals surface area contributed by atoms with Gasteiger partial charge < -0.3 is 10.1 Å². The Kier molecular flexibility index (Phi) is 4.63. The van der Waals surface area contributed by atoms with Crippen LogP contribution in [-0.4, -0.2) is 14.2 Å². The van der Waals surface area contributed by atoms with Crippen LogP contribution in [0.4, 0.5) is 4.39 Å². The van der Waals surface area contributed by atoms with Crippen LogP contribution in [-0.2, 0) is 0 Å². The van der Waals surface area contributed by atoms with Crippen LogP contribution in [0.1, 0.15) is 29.7 Å². The zero-order valence-electron chi connectivity index (χ0n) is 13.3. The molecule has 0 bridgehead atoms. The molecule has 2 aromatic carbocycles. The van der Waals surface area contributed by atoms with Gasteiger partial charge in [0.1, 0.15) is 11.6 Å². The van der Waals surface area contributed by atoms with Crippen molar-refractivity contribution in [2.75, 3.05) is 14.2 Å². The van der Waals surface area contributed by atoms with E-state index in [1.165, 1.54) is 6.07 Å². The lowest BCUT2D eigenvalue weighted by molar-refractivity contribution is 0.413. The van der Waals surface area contributed by atoms with Gasteiger partial charge in [0.2, 0.25) is 0 Å². The molecule has 21 heavy (non-hydrogen) atoms. The van der Waals surface area contributed by atoms with E-state index in [-0.39, 0.29) is 11.9 Å². The summed E-state index contributed by atoms with van der Waals surface area (Å²) in [7, 11) is 3.56. The van der Waals surface area contributed by atoms with E-state index < -0.39 is 0 Å². The molecule has 0 spiro atoms. The van der Waals surface area contributed by atoms with Crippen LogP contribution in [0, 0.1) is 19.7 Å². The molecule has 112 valence electrons. The number of halogens is 1. The molecule has 3 heteroatoms. The van der Waals surface area contributed by atoms with Gasteiger partial charge in [0.25, 0.3) is 0 Å². The predicted molar refractivity (Wildman–Crippen MR) is 85.3 cm³/mol. The van der Waals surface area contributed by atoms with Gasteiger partial charge in [0, 0.05) is 11.6 Å². The maximum Gasteiger partial charge on any atom is 0.129 e. The minimum atomic E-state index is -0.239. The average Bonchev–Trinajstić information content (AvgIpc) is 2.49. The molecule has 0 aliphatic rings. The number of ether oxygens (including phenoxy) is 1. The monoisotopic (exact) mass is 287 g/mol. The first-order chi connectivity index (χ1) is 9.99. The van der Waals surface area contributed by atoms with Crippen molar-refractivity contribution in [3.8, 4) is 16.9 Å². The molecule has 0 aliphatic carbocycles. The van der Waals surface area contributed by atoms with Crippen molar-refractivity contribution in [1.82, 2.24) is 5.32 Å². The normalized spacial score (nSPS) is 12.3. The topological polar surface area (TPSA) is 21.3 Å². The van der Waals surface area contributed by atoms with Crippen LogP contribution in [0.2, 0.25) is 0 Å². The summed E-state index contributed by atoms with van der Waals surface area (Å²) < 4.78 is 19.3. The zero-order chi connectivity index (χ0) is 15.6. The standard InChI is InChI=1S/C18H22FNO/c1-11-6-8-16(18(21-5)12(11)2)17-10-14(19)7-9-15(17)13(3)20-4/h6-10,13,20H,1-5H3. The largest absolute Gasteiger partial charge is 0.496 e. The van der Waals surface area contributed by atoms with Crippen LogP contribution >= 0.6 is 0 Å². The highest BCUT2D eigenvalue weighted by molar-refractivity contribution is 5.76. The highest BCUT2D eigenvalue weighted by Crippen LogP contribution is 2.38. The Bertz CT molecular complexity index is 652. The summed E-state index contributed by atoms with van der Waals surface area (Å²) in [6.07, 6.45) is 0. The molecule has 0 saturated carbocycles. The van der Waals surface area contributed by atoms with E-state index in [0.717, 1.165) is 33.6 Å². The molecule has 2 rings (SSSR count). The number of methoxy groups -OCH3 is 1. The lowest BCUT2D eigenvalue weighted by atomic mass is 9.92. The summed E-state index contributed by atoms with van der Waals surface area (Å²) in [6, 6.07) is 9.09. The third-order valence-corrected chi connectivity index (χ3v) is 4.09. The van der Waals surface area contributed by atoms with Crippen LogP contribution in [0.15, 0.2) is 30.3 Å². The number of hydrogen-bond acceptors (Lipinski definition) is 2. The van der Waals surface area contributed by atoms with Gasteiger partial charge in [0.15, 0.2) is 0 Å². The molecule has 0 aromatic heterocycles. The number of hydrogen-bond donors (Lipinski definition) is 1. The summed E-state index contributed by atoms with van der Waals surface area (Å²) in [4.78, 5) is 0. The smallest absolute Gasteiger partial charge is 0.129 e. The molecule has 2 aromatic rings. The van der Waals surface area contributed by atoms with Crippen molar-refractivity contribution in [2.45, 2.75) is 26.8 Å². The number of aryl methyl sites for hydroxylation is 1. The molecule has 0 heterocycles. The first-order valence-corrected chi connectivity index (χ1v) is 7.10. The Morgan fingerprint density at radius 2 is 1.81 bits per heavy atom. The fourth-order valence-corrected chi connectivity index (χ4v) is 2.56. The minimum Gasteiger partial charge on any atom is -0.496 e. The quantitative estimate of drug-likeness (QED) is 0.900. The van der Waals surface area contributed by atoms with Crippen molar-refractivity contribution in [2.24, 2.45) is 0 Å². The second-order valence-electron chi connectivity index (χ2n) is 5.33. The van der Waals surface area contributed by atoms with Gasteiger partial charge in [-0.25, -0.2) is 4.39 Å². The molecule has 1 unspecified atom stereocenters. The lowest BCUT2D eigenvalue weighted by Gasteiger charge is -2.19. The van der Waals surface area contributed by atoms with E-state index in [2.05, 4.69) is 12.2 Å². The predicted octanol–water partition coefficient (Wildman–Crippen LogP) is 4.40. The molecular formula is C18H22FNO. The van der Waals surface area contributed by atoms with Crippen molar-refractivity contribution >= 4 is 0 Å². The fourth-order valence-electron chi connectivity index (χ4n) is 2.56. The molecule has 1 N–H and O–H groups in total. The summed E-state index contributed by atoms with van der Waals surface area (Å²) in [5.41, 5.74) is 5.10. The first kappa shape index (κ1) is 15.5. The first-order valence-electron chi connectivity index (χ1n) is 7.10. The van der Waals surface area contributed by atoms with E-state index in [9.17, 15) is 4.39 Å². The second-order valence-corrected chi connectivity index (χ2v) is 5.33. The van der Waals surface area contributed by atoms with Gasteiger partial charge in [0.05, 0.1) is 7.11 Å². The summed E-state index contributed by atoms with van der Waals surface area (Å²) in [5, 5.41) is 3.21. The average molecular weight is 287 g/mol. The molecular weight excluding hydrogens is 265 g/mol. The molecule has 0 fully saturated rings. The van der Waals surface area contributed by atoms with Crippen LogP contribution in [0.3, 0.4) is 0 Å². The van der Waals surface area contributed by atoms with Gasteiger partial charge in [-0.2, -0.15) is 0 Å². The highest BCUT2D eigenvalue weighted by atomic mass is 19.1. The lowest BCUT2D eigenvalue weighted by Crippen LogP contribution is -2.13. The van der Waals surface area contributed by atoms with Crippen molar-refractivity contribution in [3.63, 3.8) is 0 Å². The SMILES string of the molecule is CNC(C)c1ccc(F)cc1-c1ccc(C)c(C)c1OC. The van der Waals surface area contributed by atoms with Crippen LogP contribution in [0.25, 0.3) is 11.1 Å². The van der Waals surface area contributed by atoms with Gasteiger partial charge in [-0.1, -0.05) is 18.2 Å². The molecule has 0 radical (unpaired) electrons. The highest BCUT2D eigenvalue weighted by Gasteiger charge is 2.17. The molecule has 2 nitrogen and oxygen atoms in total. The maximum absolute atomic E-state index is 13.8. The zero-order valence-corrected chi connectivity index (χ0v) is 13.3. The van der Waals surface area contributed by atoms with Crippen molar-refractivity contribution in [1.29, 1.82) is 0 Å². The molecule has 0 aliphatic heterocycles. The Balaban J connectivity index is 2.72. The third-order valence-electron chi connectivity index (χ3n) is 4.09. The van der Waals surface area contributed by atoms with Gasteiger partial charge in [-0.3, -0.25) is 0 Å². The Labute approximate surface area is 126 Å². The Morgan fingerprint density at radius 1 is 1.10 bits per heavy atom. The second kappa shape index (κ2) is 6.27. The maximum atomic E-state index is 13.8. The minimum absolute atomic E-state index is 0.131. The van der Waals surface area contributed by atoms with Crippen molar-refractivity contribution < 1.29 is 9.13 Å². The third kappa shape index (κ3) is 2.93. The Hall–Kier alpha value is -1.87. The fraction of sp³-hybridized carbons (Fsp3) is 0.333. The van der Waals surface area contributed by atoms with Gasteiger partial charge in [-0.15, -0.1) is 0 Å². The van der Waals surface area contributed by atoms with Crippen LogP contribution in [0.5, 0.6) is 5.75 Å².